The molecule has 0 aromatic carbocycles. The van der Waals surface area contributed by atoms with E-state index in [9.17, 15) is 14.4 Å². The number of hydrogen-bond acceptors (Lipinski definition) is 6. The maximum absolute atomic E-state index is 12.5. The van der Waals surface area contributed by atoms with E-state index in [1.807, 2.05) is 20.8 Å². The van der Waals surface area contributed by atoms with Crippen LogP contribution in [0.4, 0.5) is 0 Å². The lowest BCUT2D eigenvalue weighted by Crippen LogP contribution is -2.53. The molecule has 0 radical (unpaired) electrons. The van der Waals surface area contributed by atoms with Crippen molar-refractivity contribution in [1.29, 1.82) is 0 Å². The van der Waals surface area contributed by atoms with Gasteiger partial charge in [-0.25, -0.2) is 5.43 Å². The standard InChI is InChI=1S/C17H27N5O4/c1-10-7-12(22-26-10)15(24)20-13(8-17(2,3)4)16(25)21-19-9-11-5-6-18-14(11)23/h7,11,13,19H,5-6,8-9H2,1-4H3,(H,18,23)(H,20,24)(H,21,25)/t11-,13-/m0/s1. The van der Waals surface area contributed by atoms with E-state index in [2.05, 4.69) is 26.6 Å². The van der Waals surface area contributed by atoms with Crippen LogP contribution < -0.4 is 21.5 Å². The maximum Gasteiger partial charge on any atom is 0.274 e. The summed E-state index contributed by atoms with van der Waals surface area (Å²) in [5.41, 5.74) is 5.33. The number of carbonyl (C=O) groups excluding carboxylic acids is 3. The van der Waals surface area contributed by atoms with Crippen molar-refractivity contribution >= 4 is 17.7 Å². The summed E-state index contributed by atoms with van der Waals surface area (Å²) in [7, 11) is 0. The molecule has 0 saturated carbocycles. The molecule has 1 saturated heterocycles. The van der Waals surface area contributed by atoms with E-state index >= 15 is 0 Å². The van der Waals surface area contributed by atoms with Gasteiger partial charge in [-0.3, -0.25) is 19.8 Å². The van der Waals surface area contributed by atoms with Gasteiger partial charge >= 0.3 is 0 Å². The van der Waals surface area contributed by atoms with Crippen LogP contribution >= 0.6 is 0 Å². The third-order valence-electron chi connectivity index (χ3n) is 4.02. The molecular weight excluding hydrogens is 338 g/mol. The Morgan fingerprint density at radius 1 is 1.42 bits per heavy atom. The van der Waals surface area contributed by atoms with Crippen LogP contribution in [-0.4, -0.2) is 42.0 Å². The number of amides is 3. The molecule has 26 heavy (non-hydrogen) atoms. The average Bonchev–Trinajstić information content (AvgIpc) is 3.14. The lowest BCUT2D eigenvalue weighted by molar-refractivity contribution is -0.126. The fraction of sp³-hybridized carbons (Fsp3) is 0.647. The Labute approximate surface area is 152 Å². The predicted molar refractivity (Wildman–Crippen MR) is 93.8 cm³/mol. The Morgan fingerprint density at radius 2 is 2.15 bits per heavy atom. The van der Waals surface area contributed by atoms with Crippen LogP contribution in [0.25, 0.3) is 0 Å². The molecule has 2 atom stereocenters. The molecule has 4 N–H and O–H groups in total. The minimum Gasteiger partial charge on any atom is -0.361 e. The van der Waals surface area contributed by atoms with Crippen LogP contribution in [0.15, 0.2) is 10.6 Å². The highest BCUT2D eigenvalue weighted by Gasteiger charge is 2.28. The summed E-state index contributed by atoms with van der Waals surface area (Å²) in [4.78, 5) is 36.4. The molecule has 0 aliphatic carbocycles. The van der Waals surface area contributed by atoms with E-state index in [1.165, 1.54) is 6.07 Å². The Hall–Kier alpha value is -2.42. The lowest BCUT2D eigenvalue weighted by atomic mass is 9.87. The fourth-order valence-electron chi connectivity index (χ4n) is 2.72. The zero-order chi connectivity index (χ0) is 19.3. The van der Waals surface area contributed by atoms with Gasteiger partial charge in [-0.05, 0) is 25.2 Å². The molecule has 0 unspecified atom stereocenters. The molecule has 3 amide bonds. The van der Waals surface area contributed by atoms with Gasteiger partial charge in [-0.15, -0.1) is 0 Å². The van der Waals surface area contributed by atoms with Crippen molar-refractivity contribution in [2.24, 2.45) is 11.3 Å². The minimum absolute atomic E-state index is 0.0207. The van der Waals surface area contributed by atoms with Gasteiger partial charge < -0.3 is 15.2 Å². The molecule has 1 aromatic heterocycles. The smallest absolute Gasteiger partial charge is 0.274 e. The third kappa shape index (κ3) is 5.83. The number of nitrogens with zero attached hydrogens (tertiary/aromatic N) is 1. The van der Waals surface area contributed by atoms with E-state index in [-0.39, 0.29) is 28.8 Å². The molecule has 2 heterocycles. The molecule has 0 spiro atoms. The zero-order valence-electron chi connectivity index (χ0n) is 15.6. The number of nitrogens with one attached hydrogen (secondary N) is 4. The van der Waals surface area contributed by atoms with Gasteiger partial charge in [0.05, 0.1) is 5.92 Å². The van der Waals surface area contributed by atoms with E-state index < -0.39 is 11.9 Å². The number of aromatic nitrogens is 1. The van der Waals surface area contributed by atoms with E-state index in [0.717, 1.165) is 6.42 Å². The van der Waals surface area contributed by atoms with Crippen LogP contribution in [-0.2, 0) is 9.59 Å². The maximum atomic E-state index is 12.5. The highest BCUT2D eigenvalue weighted by atomic mass is 16.5. The molecule has 2 rings (SSSR count). The molecule has 1 aliphatic heterocycles. The second-order valence-corrected chi connectivity index (χ2v) is 7.76. The average molecular weight is 365 g/mol. The van der Waals surface area contributed by atoms with Crippen molar-refractivity contribution in [2.75, 3.05) is 13.1 Å². The van der Waals surface area contributed by atoms with Crippen LogP contribution in [0.2, 0.25) is 0 Å². The molecule has 0 bridgehead atoms. The molecule has 1 aliphatic rings. The summed E-state index contributed by atoms with van der Waals surface area (Å²) in [6.45, 7) is 8.63. The summed E-state index contributed by atoms with van der Waals surface area (Å²) in [6, 6.07) is 0.766. The van der Waals surface area contributed by atoms with E-state index in [0.29, 0.717) is 25.3 Å². The summed E-state index contributed by atoms with van der Waals surface area (Å²) < 4.78 is 4.90. The highest BCUT2D eigenvalue weighted by Crippen LogP contribution is 2.21. The van der Waals surface area contributed by atoms with Gasteiger partial charge in [0.1, 0.15) is 11.8 Å². The monoisotopic (exact) mass is 365 g/mol. The van der Waals surface area contributed by atoms with Crippen molar-refractivity contribution in [3.63, 3.8) is 0 Å². The van der Waals surface area contributed by atoms with Crippen LogP contribution in [0.3, 0.4) is 0 Å². The molecule has 1 fully saturated rings. The van der Waals surface area contributed by atoms with Gasteiger partial charge in [-0.2, -0.15) is 0 Å². The van der Waals surface area contributed by atoms with Crippen molar-refractivity contribution in [3.05, 3.63) is 17.5 Å². The number of aryl methyl sites for hydroxylation is 1. The lowest BCUT2D eigenvalue weighted by Gasteiger charge is -2.26. The van der Waals surface area contributed by atoms with Crippen LogP contribution in [0.5, 0.6) is 0 Å². The Kier molecular flexibility index (Phi) is 6.36. The summed E-state index contributed by atoms with van der Waals surface area (Å²) >= 11 is 0. The van der Waals surface area contributed by atoms with E-state index in [1.54, 1.807) is 6.92 Å². The third-order valence-corrected chi connectivity index (χ3v) is 4.02. The topological polar surface area (TPSA) is 125 Å². The van der Waals surface area contributed by atoms with Crippen molar-refractivity contribution < 1.29 is 18.9 Å². The quantitative estimate of drug-likeness (QED) is 0.514. The second-order valence-electron chi connectivity index (χ2n) is 7.76. The fourth-order valence-corrected chi connectivity index (χ4v) is 2.72. The summed E-state index contributed by atoms with van der Waals surface area (Å²) in [5, 5.41) is 9.11. The first-order valence-electron chi connectivity index (χ1n) is 8.70. The van der Waals surface area contributed by atoms with Crippen LogP contribution in [0.1, 0.15) is 49.9 Å². The Morgan fingerprint density at radius 3 is 2.69 bits per heavy atom. The van der Waals surface area contributed by atoms with Gasteiger partial charge in [0.15, 0.2) is 5.69 Å². The van der Waals surface area contributed by atoms with Crippen molar-refractivity contribution in [1.82, 2.24) is 26.6 Å². The first kappa shape index (κ1) is 19.9. The van der Waals surface area contributed by atoms with Crippen molar-refractivity contribution in [2.45, 2.75) is 46.6 Å². The first-order chi connectivity index (χ1) is 12.2. The number of hydrogen-bond donors (Lipinski definition) is 4. The molecular formula is C17H27N5O4. The largest absolute Gasteiger partial charge is 0.361 e. The zero-order valence-corrected chi connectivity index (χ0v) is 15.6. The SMILES string of the molecule is Cc1cc(C(=O)N[C@@H](CC(C)(C)C)C(=O)NNC[C@@H]2CCNC2=O)no1. The molecule has 1 aromatic rings. The van der Waals surface area contributed by atoms with Gasteiger partial charge in [-0.1, -0.05) is 25.9 Å². The van der Waals surface area contributed by atoms with Gasteiger partial charge in [0.25, 0.3) is 11.8 Å². The Balaban J connectivity index is 1.93. The summed E-state index contributed by atoms with van der Waals surface area (Å²) in [6.07, 6.45) is 1.17. The van der Waals surface area contributed by atoms with Gasteiger partial charge in [0.2, 0.25) is 5.91 Å². The van der Waals surface area contributed by atoms with Crippen molar-refractivity contribution in [3.8, 4) is 0 Å². The number of rotatable bonds is 7. The molecule has 144 valence electrons. The minimum atomic E-state index is -0.746. The number of hydrazine groups is 1. The molecule has 9 heteroatoms. The summed E-state index contributed by atoms with van der Waals surface area (Å²) in [5.74, 6) is -0.506. The van der Waals surface area contributed by atoms with Crippen LogP contribution in [0, 0.1) is 18.3 Å². The Bertz CT molecular complexity index is 664. The normalized spacial score (nSPS) is 18.3. The number of carbonyl (C=O) groups is 3. The second kappa shape index (κ2) is 8.31. The van der Waals surface area contributed by atoms with E-state index in [4.69, 9.17) is 4.52 Å². The van der Waals surface area contributed by atoms with Gasteiger partial charge in [0, 0.05) is 19.2 Å². The highest BCUT2D eigenvalue weighted by molar-refractivity contribution is 5.96. The first-order valence-corrected chi connectivity index (χ1v) is 8.70. The predicted octanol–water partition coefficient (Wildman–Crippen LogP) is 0.275. The molecule has 9 nitrogen and oxygen atoms in total.